The highest BCUT2D eigenvalue weighted by molar-refractivity contribution is 5.94. The molecule has 2 rings (SSSR count). The Hall–Kier alpha value is -1.49. The summed E-state index contributed by atoms with van der Waals surface area (Å²) in [5.74, 6) is 0.737. The minimum atomic E-state index is 0.0851. The standard InChI is InChI=1S/C10H14N4O/c1-8-3-4-9(12-11-8)14-6-5-13(2)7-10(14)15/h3-4H,5-7H2,1-2H3. The van der Waals surface area contributed by atoms with Gasteiger partial charge in [0, 0.05) is 13.1 Å². The van der Waals surface area contributed by atoms with Crippen molar-refractivity contribution in [3.8, 4) is 0 Å². The van der Waals surface area contributed by atoms with E-state index in [9.17, 15) is 4.79 Å². The number of aryl methyl sites for hydroxylation is 1. The first kappa shape index (κ1) is 10.0. The Kier molecular flexibility index (Phi) is 2.64. The number of amides is 1. The molecule has 1 aromatic rings. The second kappa shape index (κ2) is 3.94. The minimum absolute atomic E-state index is 0.0851. The largest absolute Gasteiger partial charge is 0.296 e. The van der Waals surface area contributed by atoms with E-state index in [-0.39, 0.29) is 5.91 Å². The molecular weight excluding hydrogens is 192 g/mol. The topological polar surface area (TPSA) is 49.3 Å². The number of piperazine rings is 1. The van der Waals surface area contributed by atoms with Gasteiger partial charge in [-0.2, -0.15) is 5.10 Å². The van der Waals surface area contributed by atoms with Crippen LogP contribution in [0.15, 0.2) is 12.1 Å². The van der Waals surface area contributed by atoms with Crippen molar-refractivity contribution in [2.24, 2.45) is 0 Å². The van der Waals surface area contributed by atoms with Gasteiger partial charge in [-0.05, 0) is 26.1 Å². The zero-order valence-electron chi connectivity index (χ0n) is 8.97. The number of likely N-dealkylation sites (N-methyl/N-ethyl adjacent to an activating group) is 1. The molecule has 1 aliphatic rings. The first-order valence-electron chi connectivity index (χ1n) is 4.96. The number of hydrogen-bond acceptors (Lipinski definition) is 4. The monoisotopic (exact) mass is 206 g/mol. The number of hydrogen-bond donors (Lipinski definition) is 0. The van der Waals surface area contributed by atoms with Crippen LogP contribution in [0.5, 0.6) is 0 Å². The molecule has 0 N–H and O–H groups in total. The van der Waals surface area contributed by atoms with Gasteiger partial charge in [-0.1, -0.05) is 0 Å². The lowest BCUT2D eigenvalue weighted by atomic mass is 10.3. The van der Waals surface area contributed by atoms with Crippen molar-refractivity contribution in [2.45, 2.75) is 6.92 Å². The highest BCUT2D eigenvalue weighted by Gasteiger charge is 2.23. The van der Waals surface area contributed by atoms with Crippen molar-refractivity contribution in [3.05, 3.63) is 17.8 Å². The Balaban J connectivity index is 2.17. The van der Waals surface area contributed by atoms with Crippen molar-refractivity contribution in [1.82, 2.24) is 15.1 Å². The molecular formula is C10H14N4O. The number of aromatic nitrogens is 2. The van der Waals surface area contributed by atoms with Crippen LogP contribution >= 0.6 is 0 Å². The zero-order chi connectivity index (χ0) is 10.8. The van der Waals surface area contributed by atoms with Gasteiger partial charge in [0.1, 0.15) is 0 Å². The van der Waals surface area contributed by atoms with E-state index in [0.29, 0.717) is 18.9 Å². The van der Waals surface area contributed by atoms with Crippen LogP contribution in [0.25, 0.3) is 0 Å². The summed E-state index contributed by atoms with van der Waals surface area (Å²) in [4.78, 5) is 15.4. The van der Waals surface area contributed by atoms with Crippen LogP contribution in [0.3, 0.4) is 0 Å². The van der Waals surface area contributed by atoms with Crippen LogP contribution in [-0.4, -0.2) is 47.7 Å². The van der Waals surface area contributed by atoms with Crippen LogP contribution in [0, 0.1) is 6.92 Å². The van der Waals surface area contributed by atoms with Gasteiger partial charge in [-0.25, -0.2) is 0 Å². The second-order valence-corrected chi connectivity index (χ2v) is 3.82. The average Bonchev–Trinajstić information content (AvgIpc) is 2.20. The molecule has 0 saturated carbocycles. The molecule has 0 bridgehead atoms. The summed E-state index contributed by atoms with van der Waals surface area (Å²) < 4.78 is 0. The normalized spacial score (nSPS) is 18.3. The van der Waals surface area contributed by atoms with Gasteiger partial charge in [0.25, 0.3) is 0 Å². The van der Waals surface area contributed by atoms with Crippen LogP contribution < -0.4 is 4.90 Å². The maximum Gasteiger partial charge on any atom is 0.242 e. The van der Waals surface area contributed by atoms with Crippen LogP contribution in [0.2, 0.25) is 0 Å². The Morgan fingerprint density at radius 1 is 1.27 bits per heavy atom. The fraction of sp³-hybridized carbons (Fsp3) is 0.500. The van der Waals surface area contributed by atoms with E-state index in [4.69, 9.17) is 0 Å². The van der Waals surface area contributed by atoms with Gasteiger partial charge in [-0.15, -0.1) is 5.10 Å². The van der Waals surface area contributed by atoms with Gasteiger partial charge in [0.05, 0.1) is 12.2 Å². The summed E-state index contributed by atoms with van der Waals surface area (Å²) in [6.45, 7) is 3.90. The van der Waals surface area contributed by atoms with E-state index in [1.54, 1.807) is 4.90 Å². The van der Waals surface area contributed by atoms with Gasteiger partial charge in [-0.3, -0.25) is 14.6 Å². The van der Waals surface area contributed by atoms with E-state index < -0.39 is 0 Å². The fourth-order valence-electron chi connectivity index (χ4n) is 1.57. The quantitative estimate of drug-likeness (QED) is 0.652. The molecule has 0 aliphatic carbocycles. The van der Waals surface area contributed by atoms with E-state index in [1.165, 1.54) is 0 Å². The van der Waals surface area contributed by atoms with Crippen LogP contribution in [0.4, 0.5) is 5.82 Å². The Labute approximate surface area is 88.7 Å². The molecule has 0 atom stereocenters. The van der Waals surface area contributed by atoms with Crippen LogP contribution in [-0.2, 0) is 4.79 Å². The second-order valence-electron chi connectivity index (χ2n) is 3.82. The molecule has 0 aromatic carbocycles. The molecule has 80 valence electrons. The number of carbonyl (C=O) groups excluding carboxylic acids is 1. The number of carbonyl (C=O) groups is 1. The average molecular weight is 206 g/mol. The summed E-state index contributed by atoms with van der Waals surface area (Å²) in [6.07, 6.45) is 0. The summed E-state index contributed by atoms with van der Waals surface area (Å²) in [6, 6.07) is 3.71. The summed E-state index contributed by atoms with van der Waals surface area (Å²) >= 11 is 0. The van der Waals surface area contributed by atoms with Crippen molar-refractivity contribution < 1.29 is 4.79 Å². The van der Waals surface area contributed by atoms with E-state index in [0.717, 1.165) is 12.2 Å². The van der Waals surface area contributed by atoms with Crippen molar-refractivity contribution in [3.63, 3.8) is 0 Å². The predicted molar refractivity (Wildman–Crippen MR) is 56.6 cm³/mol. The van der Waals surface area contributed by atoms with Crippen molar-refractivity contribution >= 4 is 11.7 Å². The van der Waals surface area contributed by atoms with Gasteiger partial charge < -0.3 is 0 Å². The molecule has 1 fully saturated rings. The Bertz CT molecular complexity index is 362. The van der Waals surface area contributed by atoms with Gasteiger partial charge in [0.15, 0.2) is 5.82 Å². The third-order valence-electron chi connectivity index (χ3n) is 2.47. The molecule has 1 amide bonds. The summed E-state index contributed by atoms with van der Waals surface area (Å²) in [5.41, 5.74) is 0.861. The van der Waals surface area contributed by atoms with E-state index in [1.807, 2.05) is 31.0 Å². The molecule has 2 heterocycles. The first-order chi connectivity index (χ1) is 7.16. The molecule has 1 aromatic heterocycles. The lowest BCUT2D eigenvalue weighted by molar-refractivity contribution is -0.120. The highest BCUT2D eigenvalue weighted by Crippen LogP contribution is 2.12. The molecule has 1 saturated heterocycles. The third-order valence-corrected chi connectivity index (χ3v) is 2.47. The molecule has 5 heteroatoms. The fourth-order valence-corrected chi connectivity index (χ4v) is 1.57. The van der Waals surface area contributed by atoms with Gasteiger partial charge >= 0.3 is 0 Å². The molecule has 0 unspecified atom stereocenters. The van der Waals surface area contributed by atoms with E-state index in [2.05, 4.69) is 10.2 Å². The highest BCUT2D eigenvalue weighted by atomic mass is 16.2. The molecule has 1 aliphatic heterocycles. The smallest absolute Gasteiger partial charge is 0.242 e. The van der Waals surface area contributed by atoms with E-state index >= 15 is 0 Å². The summed E-state index contributed by atoms with van der Waals surface area (Å²) in [7, 11) is 1.94. The summed E-state index contributed by atoms with van der Waals surface area (Å²) in [5, 5.41) is 7.96. The molecule has 0 spiro atoms. The lowest BCUT2D eigenvalue weighted by Gasteiger charge is -2.30. The Morgan fingerprint density at radius 2 is 2.07 bits per heavy atom. The van der Waals surface area contributed by atoms with Crippen molar-refractivity contribution in [1.29, 1.82) is 0 Å². The maximum absolute atomic E-state index is 11.7. The SMILES string of the molecule is Cc1ccc(N2CCN(C)CC2=O)nn1. The van der Waals surface area contributed by atoms with Crippen molar-refractivity contribution in [2.75, 3.05) is 31.6 Å². The first-order valence-corrected chi connectivity index (χ1v) is 4.96. The minimum Gasteiger partial charge on any atom is -0.296 e. The van der Waals surface area contributed by atoms with Crippen LogP contribution in [0.1, 0.15) is 5.69 Å². The lowest BCUT2D eigenvalue weighted by Crippen LogP contribution is -2.49. The van der Waals surface area contributed by atoms with Gasteiger partial charge in [0.2, 0.25) is 5.91 Å². The molecule has 5 nitrogen and oxygen atoms in total. The predicted octanol–water partition coefficient (Wildman–Crippen LogP) is 0.0634. The third kappa shape index (κ3) is 2.12. The Morgan fingerprint density at radius 3 is 2.67 bits per heavy atom. The molecule has 0 radical (unpaired) electrons. The number of rotatable bonds is 1. The molecule has 15 heavy (non-hydrogen) atoms. The zero-order valence-corrected chi connectivity index (χ0v) is 8.97. The number of anilines is 1. The maximum atomic E-state index is 11.7. The number of nitrogens with zero attached hydrogens (tertiary/aromatic N) is 4.